The van der Waals surface area contributed by atoms with Gasteiger partial charge in [-0.05, 0) is 0 Å². The predicted octanol–water partition coefficient (Wildman–Crippen LogP) is 2.75. The monoisotopic (exact) mass is 117 g/mol. The second-order valence-electron chi connectivity index (χ2n) is 2.34. The second kappa shape index (κ2) is 3.43. The van der Waals surface area contributed by atoms with Crippen LogP contribution in [0.2, 0.25) is 0 Å². The average molecular weight is 117 g/mol. The predicted molar refractivity (Wildman–Crippen MR) is 37.2 cm³/mol. The van der Waals surface area contributed by atoms with E-state index >= 15 is 0 Å². The maximum atomic E-state index is 2.25. The SMILES string of the molecule is CC(C)[P-]C(C)C. The molecule has 0 atom stereocenters. The van der Waals surface area contributed by atoms with Gasteiger partial charge in [0.25, 0.3) is 0 Å². The molecule has 0 bridgehead atoms. The van der Waals surface area contributed by atoms with E-state index in [2.05, 4.69) is 27.7 Å². The highest BCUT2D eigenvalue weighted by Crippen LogP contribution is 2.23. The van der Waals surface area contributed by atoms with Gasteiger partial charge in [0.1, 0.15) is 0 Å². The minimum atomic E-state index is 0.847. The fourth-order valence-electron chi connectivity index (χ4n) is 0.596. The number of rotatable bonds is 2. The Balaban J connectivity index is 2.95. The van der Waals surface area contributed by atoms with Crippen molar-refractivity contribution in [1.29, 1.82) is 0 Å². The van der Waals surface area contributed by atoms with E-state index in [-0.39, 0.29) is 0 Å². The Labute approximate surface area is 48.5 Å². The van der Waals surface area contributed by atoms with Crippen LogP contribution in [0.4, 0.5) is 0 Å². The Morgan fingerprint density at radius 2 is 1.14 bits per heavy atom. The molecular weight excluding hydrogens is 103 g/mol. The topological polar surface area (TPSA) is 0 Å². The fourth-order valence-corrected chi connectivity index (χ4v) is 1.79. The summed E-state index contributed by atoms with van der Waals surface area (Å²) >= 11 is 0. The molecule has 0 spiro atoms. The maximum absolute atomic E-state index is 2.25. The van der Waals surface area contributed by atoms with Crippen LogP contribution in [0.5, 0.6) is 0 Å². The van der Waals surface area contributed by atoms with Crippen molar-refractivity contribution >= 4 is 8.58 Å². The van der Waals surface area contributed by atoms with E-state index in [4.69, 9.17) is 0 Å². The molecule has 44 valence electrons. The van der Waals surface area contributed by atoms with Crippen LogP contribution in [0.1, 0.15) is 27.7 Å². The van der Waals surface area contributed by atoms with Gasteiger partial charge in [-0.1, -0.05) is 27.7 Å². The molecule has 0 unspecified atom stereocenters. The van der Waals surface area contributed by atoms with E-state index in [1.807, 2.05) is 0 Å². The Bertz CT molecular complexity index is 33.4. The fraction of sp³-hybridized carbons (Fsp3) is 1.00. The molecule has 0 aliphatic heterocycles. The summed E-state index contributed by atoms with van der Waals surface area (Å²) in [4.78, 5) is 0. The highest BCUT2D eigenvalue weighted by Gasteiger charge is 1.77. The molecule has 0 fully saturated rings. The summed E-state index contributed by atoms with van der Waals surface area (Å²) in [6.45, 7) is 9.01. The molecule has 0 saturated heterocycles. The van der Waals surface area contributed by atoms with Crippen molar-refractivity contribution in [3.8, 4) is 0 Å². The first-order valence-corrected chi connectivity index (χ1v) is 3.86. The van der Waals surface area contributed by atoms with Gasteiger partial charge in [-0.15, -0.1) is 0 Å². The van der Waals surface area contributed by atoms with Gasteiger partial charge in [0.15, 0.2) is 0 Å². The highest BCUT2D eigenvalue weighted by atomic mass is 31.1. The van der Waals surface area contributed by atoms with Crippen LogP contribution >= 0.6 is 8.58 Å². The van der Waals surface area contributed by atoms with E-state index in [1.165, 1.54) is 0 Å². The molecule has 0 nitrogen and oxygen atoms in total. The first kappa shape index (κ1) is 7.43. The molecule has 0 aromatic rings. The minimum absolute atomic E-state index is 0.847. The van der Waals surface area contributed by atoms with Crippen molar-refractivity contribution in [2.75, 3.05) is 0 Å². The highest BCUT2D eigenvalue weighted by molar-refractivity contribution is 7.39. The molecule has 0 saturated carbocycles. The van der Waals surface area contributed by atoms with Crippen LogP contribution in [0.15, 0.2) is 0 Å². The minimum Gasteiger partial charge on any atom is -0.534 e. The molecular formula is C6H14P-. The quantitative estimate of drug-likeness (QED) is 0.488. The van der Waals surface area contributed by atoms with E-state index in [1.54, 1.807) is 8.58 Å². The zero-order chi connectivity index (χ0) is 5.86. The molecule has 0 aliphatic rings. The third kappa shape index (κ3) is 6.43. The summed E-state index contributed by atoms with van der Waals surface area (Å²) < 4.78 is 0. The van der Waals surface area contributed by atoms with Crippen LogP contribution in [-0.4, -0.2) is 11.3 Å². The lowest BCUT2D eigenvalue weighted by atomic mass is 10.5. The number of hydrogen-bond donors (Lipinski definition) is 0. The van der Waals surface area contributed by atoms with Crippen LogP contribution < -0.4 is 0 Å². The molecule has 0 radical (unpaired) electrons. The molecule has 0 rings (SSSR count). The Morgan fingerprint density at radius 1 is 0.857 bits per heavy atom. The van der Waals surface area contributed by atoms with E-state index in [0.29, 0.717) is 0 Å². The lowest BCUT2D eigenvalue weighted by Crippen LogP contribution is -1.90. The molecule has 0 N–H and O–H groups in total. The van der Waals surface area contributed by atoms with Gasteiger partial charge in [-0.25, -0.2) is 0 Å². The zero-order valence-corrected chi connectivity index (χ0v) is 6.50. The van der Waals surface area contributed by atoms with Crippen molar-refractivity contribution in [1.82, 2.24) is 0 Å². The lowest BCUT2D eigenvalue weighted by molar-refractivity contribution is 1.03. The van der Waals surface area contributed by atoms with Crippen molar-refractivity contribution in [2.24, 2.45) is 0 Å². The average Bonchev–Trinajstić information content (AvgIpc) is 1.27. The summed E-state index contributed by atoms with van der Waals surface area (Å²) in [5.74, 6) is 0. The largest absolute Gasteiger partial charge is 0.534 e. The third-order valence-corrected chi connectivity index (χ3v) is 1.79. The maximum Gasteiger partial charge on any atom is -0.0889 e. The van der Waals surface area contributed by atoms with Gasteiger partial charge < -0.3 is 8.58 Å². The van der Waals surface area contributed by atoms with Gasteiger partial charge in [-0.2, -0.15) is 11.3 Å². The number of hydrogen-bond acceptors (Lipinski definition) is 0. The van der Waals surface area contributed by atoms with Crippen LogP contribution in [-0.2, 0) is 0 Å². The van der Waals surface area contributed by atoms with Crippen molar-refractivity contribution < 1.29 is 0 Å². The second-order valence-corrected chi connectivity index (χ2v) is 4.70. The van der Waals surface area contributed by atoms with Crippen LogP contribution in [0.3, 0.4) is 0 Å². The Morgan fingerprint density at radius 3 is 1.14 bits per heavy atom. The van der Waals surface area contributed by atoms with E-state index < -0.39 is 0 Å². The van der Waals surface area contributed by atoms with Crippen LogP contribution in [0.25, 0.3) is 0 Å². The van der Waals surface area contributed by atoms with Crippen LogP contribution in [0, 0.1) is 0 Å². The first-order valence-electron chi connectivity index (χ1n) is 2.83. The van der Waals surface area contributed by atoms with E-state index in [9.17, 15) is 0 Å². The normalized spacial score (nSPS) is 11.1. The lowest BCUT2D eigenvalue weighted by Gasteiger charge is -2.26. The molecule has 0 aromatic heterocycles. The molecule has 0 aromatic carbocycles. The molecule has 1 heteroatoms. The van der Waals surface area contributed by atoms with Crippen molar-refractivity contribution in [3.63, 3.8) is 0 Å². The van der Waals surface area contributed by atoms with E-state index in [0.717, 1.165) is 11.3 Å². The van der Waals surface area contributed by atoms with Gasteiger partial charge in [0, 0.05) is 0 Å². The summed E-state index contributed by atoms with van der Waals surface area (Å²) in [6, 6.07) is 0. The summed E-state index contributed by atoms with van der Waals surface area (Å²) in [6.07, 6.45) is 0. The van der Waals surface area contributed by atoms with Crippen molar-refractivity contribution in [3.05, 3.63) is 0 Å². The van der Waals surface area contributed by atoms with Gasteiger partial charge in [-0.3, -0.25) is 0 Å². The van der Waals surface area contributed by atoms with Crippen molar-refractivity contribution in [2.45, 2.75) is 39.0 Å². The third-order valence-electron chi connectivity index (χ3n) is 0.596. The van der Waals surface area contributed by atoms with Gasteiger partial charge >= 0.3 is 0 Å². The molecule has 0 aliphatic carbocycles. The molecule has 0 heterocycles. The molecule has 0 amide bonds. The zero-order valence-electron chi connectivity index (χ0n) is 5.60. The first-order chi connectivity index (χ1) is 3.13. The summed E-state index contributed by atoms with van der Waals surface area (Å²) in [5.41, 5.74) is 1.69. The van der Waals surface area contributed by atoms with Gasteiger partial charge in [0.05, 0.1) is 0 Å². The molecule has 7 heavy (non-hydrogen) atoms. The Kier molecular flexibility index (Phi) is 3.65. The Hall–Kier alpha value is 0.430. The smallest absolute Gasteiger partial charge is 0.0889 e. The van der Waals surface area contributed by atoms with Gasteiger partial charge in [0.2, 0.25) is 0 Å². The summed E-state index contributed by atoms with van der Waals surface area (Å²) in [5, 5.41) is 0. The standard InChI is InChI=1S/C6H14P/c1-5(2)7-6(3)4/h5-6H,1-4H3/q-1. The summed E-state index contributed by atoms with van der Waals surface area (Å²) in [7, 11) is 1.58.